The highest BCUT2D eigenvalue weighted by atomic mass is 16.5. The third kappa shape index (κ3) is 4.63. The van der Waals surface area contributed by atoms with Crippen LogP contribution in [0.5, 0.6) is 5.75 Å². The normalized spacial score (nSPS) is 15.1. The Bertz CT molecular complexity index is 635. The quantitative estimate of drug-likeness (QED) is 0.625. The van der Waals surface area contributed by atoms with Gasteiger partial charge in [0.2, 0.25) is 0 Å². The van der Waals surface area contributed by atoms with Gasteiger partial charge in [0.15, 0.2) is 0 Å². The summed E-state index contributed by atoms with van der Waals surface area (Å²) in [5.41, 5.74) is 2.24. The van der Waals surface area contributed by atoms with Crippen LogP contribution in [0.3, 0.4) is 0 Å². The van der Waals surface area contributed by atoms with Crippen molar-refractivity contribution < 1.29 is 4.74 Å². The molecule has 0 unspecified atom stereocenters. The van der Waals surface area contributed by atoms with Crippen LogP contribution >= 0.6 is 0 Å². The van der Waals surface area contributed by atoms with Crippen molar-refractivity contribution in [3.63, 3.8) is 0 Å². The van der Waals surface area contributed by atoms with Gasteiger partial charge in [-0.05, 0) is 54.8 Å². The Hall–Kier alpha value is -2.72. The van der Waals surface area contributed by atoms with Gasteiger partial charge in [0.1, 0.15) is 23.5 Å². The molecule has 1 aliphatic heterocycles. The molecule has 118 valence electrons. The number of allylic oxidation sites excluding steroid dienone is 3. The summed E-state index contributed by atoms with van der Waals surface area (Å²) in [4.78, 5) is 2.34. The molecule has 0 N–H and O–H groups in total. The standard InChI is InChI=1S/C19H21N3O/c1-23-18-9-7-17(8-10-18)19(11-6-16(14-20)15-21)22-12-4-2-3-5-13-22/h6-11H,2-5,12-13H2,1H3/b19-11-. The largest absolute Gasteiger partial charge is 0.497 e. The van der Waals surface area contributed by atoms with E-state index in [0.717, 1.165) is 30.1 Å². The second-order valence-corrected chi connectivity index (χ2v) is 5.49. The van der Waals surface area contributed by atoms with Crippen LogP contribution in [0, 0.1) is 22.7 Å². The van der Waals surface area contributed by atoms with Crippen LogP contribution in [-0.2, 0) is 0 Å². The van der Waals surface area contributed by atoms with E-state index < -0.39 is 0 Å². The minimum atomic E-state index is 0.117. The number of benzene rings is 1. The smallest absolute Gasteiger partial charge is 0.129 e. The van der Waals surface area contributed by atoms with E-state index in [2.05, 4.69) is 4.90 Å². The molecule has 0 saturated carbocycles. The topological polar surface area (TPSA) is 60.0 Å². The molecular weight excluding hydrogens is 286 g/mol. The van der Waals surface area contributed by atoms with Gasteiger partial charge >= 0.3 is 0 Å². The van der Waals surface area contributed by atoms with Gasteiger partial charge in [-0.3, -0.25) is 0 Å². The van der Waals surface area contributed by atoms with Crippen LogP contribution < -0.4 is 4.74 Å². The third-order valence-electron chi connectivity index (χ3n) is 3.98. The van der Waals surface area contributed by atoms with Gasteiger partial charge in [0.05, 0.1) is 7.11 Å². The van der Waals surface area contributed by atoms with Gasteiger partial charge in [-0.15, -0.1) is 0 Å². The summed E-state index contributed by atoms with van der Waals surface area (Å²) >= 11 is 0. The van der Waals surface area contributed by atoms with Crippen molar-refractivity contribution in [3.8, 4) is 17.9 Å². The molecule has 1 aliphatic rings. The van der Waals surface area contributed by atoms with Gasteiger partial charge in [0, 0.05) is 18.8 Å². The Labute approximate surface area is 137 Å². The summed E-state index contributed by atoms with van der Waals surface area (Å²) in [5, 5.41) is 17.9. The van der Waals surface area contributed by atoms with Crippen molar-refractivity contribution in [1.82, 2.24) is 4.90 Å². The van der Waals surface area contributed by atoms with Gasteiger partial charge < -0.3 is 9.64 Å². The Morgan fingerprint density at radius 2 is 1.61 bits per heavy atom. The molecular formula is C19H21N3O. The number of hydrogen-bond donors (Lipinski definition) is 0. The van der Waals surface area contributed by atoms with E-state index in [1.165, 1.54) is 25.7 Å². The highest BCUT2D eigenvalue weighted by molar-refractivity contribution is 5.67. The van der Waals surface area contributed by atoms with Crippen molar-refractivity contribution >= 4 is 5.70 Å². The number of likely N-dealkylation sites (tertiary alicyclic amines) is 1. The lowest BCUT2D eigenvalue weighted by Gasteiger charge is -2.26. The SMILES string of the molecule is COc1ccc(/C(=C/C=C(C#N)C#N)N2CCCCCC2)cc1. The van der Waals surface area contributed by atoms with Crippen molar-refractivity contribution in [3.05, 3.63) is 47.6 Å². The monoisotopic (exact) mass is 307 g/mol. The molecule has 1 saturated heterocycles. The van der Waals surface area contributed by atoms with Crippen LogP contribution in [0.1, 0.15) is 31.2 Å². The highest BCUT2D eigenvalue weighted by Gasteiger charge is 2.14. The Balaban J connectivity index is 2.37. The minimum absolute atomic E-state index is 0.117. The van der Waals surface area contributed by atoms with E-state index in [0.29, 0.717) is 0 Å². The summed E-state index contributed by atoms with van der Waals surface area (Å²) in [6.07, 6.45) is 8.33. The van der Waals surface area contributed by atoms with E-state index in [-0.39, 0.29) is 5.57 Å². The molecule has 1 aromatic rings. The molecule has 23 heavy (non-hydrogen) atoms. The second-order valence-electron chi connectivity index (χ2n) is 5.49. The zero-order valence-corrected chi connectivity index (χ0v) is 13.5. The molecule has 4 heteroatoms. The summed E-state index contributed by atoms with van der Waals surface area (Å²) < 4.78 is 5.22. The molecule has 1 heterocycles. The molecule has 0 amide bonds. The Morgan fingerprint density at radius 1 is 1.00 bits per heavy atom. The molecule has 0 aromatic heterocycles. The average molecular weight is 307 g/mol. The van der Waals surface area contributed by atoms with E-state index >= 15 is 0 Å². The van der Waals surface area contributed by atoms with E-state index in [1.54, 1.807) is 13.2 Å². The molecule has 2 rings (SSSR count). The van der Waals surface area contributed by atoms with Gasteiger partial charge in [-0.2, -0.15) is 10.5 Å². The second kappa shape index (κ2) is 8.66. The predicted molar refractivity (Wildman–Crippen MR) is 90.3 cm³/mol. The molecule has 0 bridgehead atoms. The number of nitriles is 2. The number of hydrogen-bond acceptors (Lipinski definition) is 4. The first-order chi connectivity index (χ1) is 11.3. The van der Waals surface area contributed by atoms with Crippen molar-refractivity contribution in [2.45, 2.75) is 25.7 Å². The fourth-order valence-electron chi connectivity index (χ4n) is 2.72. The maximum Gasteiger partial charge on any atom is 0.129 e. The lowest BCUT2D eigenvalue weighted by molar-refractivity contribution is 0.410. The molecule has 0 aliphatic carbocycles. The van der Waals surface area contributed by atoms with E-state index in [1.807, 2.05) is 42.5 Å². The molecule has 0 radical (unpaired) electrons. The molecule has 0 spiro atoms. The van der Waals surface area contributed by atoms with Crippen LogP contribution in [0.4, 0.5) is 0 Å². The average Bonchev–Trinajstić information content (AvgIpc) is 2.88. The Kier molecular flexibility index (Phi) is 6.27. The number of ether oxygens (including phenoxy) is 1. The van der Waals surface area contributed by atoms with E-state index in [4.69, 9.17) is 15.3 Å². The number of methoxy groups -OCH3 is 1. The van der Waals surface area contributed by atoms with Crippen molar-refractivity contribution in [1.29, 1.82) is 10.5 Å². The van der Waals surface area contributed by atoms with E-state index in [9.17, 15) is 0 Å². The summed E-state index contributed by atoms with van der Waals surface area (Å²) in [6, 6.07) is 11.7. The zero-order valence-electron chi connectivity index (χ0n) is 13.5. The molecule has 4 nitrogen and oxygen atoms in total. The maximum absolute atomic E-state index is 8.93. The molecule has 1 aromatic carbocycles. The minimum Gasteiger partial charge on any atom is -0.497 e. The summed E-state index contributed by atoms with van der Waals surface area (Å²) in [6.45, 7) is 2.00. The summed E-state index contributed by atoms with van der Waals surface area (Å²) in [5.74, 6) is 0.814. The van der Waals surface area contributed by atoms with Crippen LogP contribution in [0.25, 0.3) is 5.70 Å². The number of nitrogens with zero attached hydrogens (tertiary/aromatic N) is 3. The lowest BCUT2D eigenvalue weighted by atomic mass is 10.1. The predicted octanol–water partition coefficient (Wildman–Crippen LogP) is 3.89. The first-order valence-corrected chi connectivity index (χ1v) is 7.90. The first-order valence-electron chi connectivity index (χ1n) is 7.90. The van der Waals surface area contributed by atoms with Crippen LogP contribution in [0.15, 0.2) is 42.0 Å². The lowest BCUT2D eigenvalue weighted by Crippen LogP contribution is -2.23. The fraction of sp³-hybridized carbons (Fsp3) is 0.368. The summed E-state index contributed by atoms with van der Waals surface area (Å²) in [7, 11) is 1.65. The van der Waals surface area contributed by atoms with Crippen molar-refractivity contribution in [2.75, 3.05) is 20.2 Å². The molecule has 1 fully saturated rings. The van der Waals surface area contributed by atoms with Gasteiger partial charge in [-0.25, -0.2) is 0 Å². The molecule has 0 atom stereocenters. The number of rotatable bonds is 4. The van der Waals surface area contributed by atoms with Crippen LogP contribution in [0.2, 0.25) is 0 Å². The first kappa shape index (κ1) is 16.6. The Morgan fingerprint density at radius 3 is 2.13 bits per heavy atom. The third-order valence-corrected chi connectivity index (χ3v) is 3.98. The van der Waals surface area contributed by atoms with Crippen LogP contribution in [-0.4, -0.2) is 25.1 Å². The zero-order chi connectivity index (χ0) is 16.5. The highest BCUT2D eigenvalue weighted by Crippen LogP contribution is 2.25. The van der Waals surface area contributed by atoms with Gasteiger partial charge in [0.25, 0.3) is 0 Å². The fourth-order valence-corrected chi connectivity index (χ4v) is 2.72. The maximum atomic E-state index is 8.93. The van der Waals surface area contributed by atoms with Crippen molar-refractivity contribution in [2.24, 2.45) is 0 Å². The van der Waals surface area contributed by atoms with Gasteiger partial charge in [-0.1, -0.05) is 12.8 Å².